The molecule has 3 nitrogen and oxygen atoms in total. The van der Waals surface area contributed by atoms with E-state index in [2.05, 4.69) is 6.58 Å². The van der Waals surface area contributed by atoms with Gasteiger partial charge in [0.25, 0.3) is 0 Å². The normalized spacial score (nSPS) is 12.1. The number of aryl methyl sites for hydroxylation is 2. The maximum atomic E-state index is 14.8. The molecule has 182 valence electrons. The molecule has 2 aromatic rings. The van der Waals surface area contributed by atoms with Gasteiger partial charge in [-0.1, -0.05) is 6.08 Å². The van der Waals surface area contributed by atoms with Crippen molar-refractivity contribution in [1.82, 2.24) is 0 Å². The van der Waals surface area contributed by atoms with Gasteiger partial charge >= 0.3 is 12.1 Å². The number of hydrogen-bond donors (Lipinski definition) is 1. The highest BCUT2D eigenvalue weighted by atomic mass is 35.5. The molecule has 0 radical (unpaired) electrons. The van der Waals surface area contributed by atoms with Crippen LogP contribution in [0.4, 0.5) is 22.0 Å². The first kappa shape index (κ1) is 28.6. The molecule has 0 saturated carbocycles. The van der Waals surface area contributed by atoms with Gasteiger partial charge in [0, 0.05) is 11.6 Å². The first-order valence-electron chi connectivity index (χ1n) is 10.2. The van der Waals surface area contributed by atoms with Gasteiger partial charge in [-0.3, -0.25) is 4.79 Å². The van der Waals surface area contributed by atoms with Crippen LogP contribution in [0.5, 0.6) is 0 Å². The van der Waals surface area contributed by atoms with Crippen LogP contribution < -0.4 is 5.73 Å². The van der Waals surface area contributed by atoms with Crippen LogP contribution in [0.15, 0.2) is 36.9 Å². The lowest BCUT2D eigenvalue weighted by molar-refractivity contribution is -0.143. The summed E-state index contributed by atoms with van der Waals surface area (Å²) in [6, 6.07) is 3.03. The zero-order valence-corrected chi connectivity index (χ0v) is 19.2. The van der Waals surface area contributed by atoms with E-state index in [-0.39, 0.29) is 24.6 Å². The number of nitrogens with two attached hydrogens (primary N) is 1. The van der Waals surface area contributed by atoms with Crippen molar-refractivity contribution in [2.45, 2.75) is 51.7 Å². The van der Waals surface area contributed by atoms with Gasteiger partial charge in [0.15, 0.2) is 0 Å². The maximum absolute atomic E-state index is 14.8. The minimum Gasteiger partial charge on any atom is -0.466 e. The first-order chi connectivity index (χ1) is 15.0. The van der Waals surface area contributed by atoms with E-state index in [0.29, 0.717) is 42.0 Å². The number of allylic oxidation sites excluding steroid dienone is 1. The topological polar surface area (TPSA) is 52.3 Å². The Hall–Kier alpha value is -2.45. The second-order valence-electron chi connectivity index (χ2n) is 7.48. The van der Waals surface area contributed by atoms with Gasteiger partial charge in [-0.2, -0.15) is 13.2 Å². The highest BCUT2D eigenvalue weighted by Gasteiger charge is 2.37. The van der Waals surface area contributed by atoms with Crippen molar-refractivity contribution in [3.05, 3.63) is 70.8 Å². The zero-order chi connectivity index (χ0) is 24.1. The Kier molecular flexibility index (Phi) is 10.5. The standard InChI is InChI=1S/C24H26F5NO2.ClH/c1-4-6-7-8-15-10-17(25)9-14(3)22(15)16-11-18(20(30)13-21(31)32-5-2)23(26)19(12-16)24(27,28)29;/h4,9-12,20H,1,5-8,13,30H2,2-3H3;1H/t20-;/m0./s1. The highest BCUT2D eigenvalue weighted by molar-refractivity contribution is 5.85. The lowest BCUT2D eigenvalue weighted by Crippen LogP contribution is -2.21. The number of carbonyl (C=O) groups is 1. The second kappa shape index (κ2) is 12.1. The molecule has 0 bridgehead atoms. The second-order valence-corrected chi connectivity index (χ2v) is 7.48. The maximum Gasteiger partial charge on any atom is 0.419 e. The fourth-order valence-electron chi connectivity index (χ4n) is 3.64. The van der Waals surface area contributed by atoms with Crippen LogP contribution in [0.25, 0.3) is 11.1 Å². The third-order valence-corrected chi connectivity index (χ3v) is 5.02. The Labute approximate surface area is 196 Å². The van der Waals surface area contributed by atoms with Crippen LogP contribution >= 0.6 is 12.4 Å². The molecule has 1 atom stereocenters. The molecule has 9 heteroatoms. The Balaban J connectivity index is 0.00000544. The Morgan fingerprint density at radius 1 is 1.21 bits per heavy atom. The van der Waals surface area contributed by atoms with E-state index in [4.69, 9.17) is 10.5 Å². The number of alkyl halides is 3. The minimum atomic E-state index is -4.99. The fraction of sp³-hybridized carbons (Fsp3) is 0.375. The smallest absolute Gasteiger partial charge is 0.419 e. The largest absolute Gasteiger partial charge is 0.466 e. The summed E-state index contributed by atoms with van der Waals surface area (Å²) in [5.41, 5.74) is 5.29. The number of halogens is 6. The molecule has 0 unspecified atom stereocenters. The van der Waals surface area contributed by atoms with Crippen molar-refractivity contribution in [3.63, 3.8) is 0 Å². The summed E-state index contributed by atoms with van der Waals surface area (Å²) < 4.78 is 74.6. The molecule has 0 aliphatic heterocycles. The van der Waals surface area contributed by atoms with Crippen LogP contribution in [0.3, 0.4) is 0 Å². The van der Waals surface area contributed by atoms with E-state index in [0.717, 1.165) is 0 Å². The molecular weight excluding hydrogens is 465 g/mol. The van der Waals surface area contributed by atoms with Crippen molar-refractivity contribution in [1.29, 1.82) is 0 Å². The molecule has 0 saturated heterocycles. The number of carbonyl (C=O) groups excluding carboxylic acids is 1. The van der Waals surface area contributed by atoms with Gasteiger partial charge in [-0.15, -0.1) is 19.0 Å². The molecule has 2 aromatic carbocycles. The molecular formula is C24H27ClF5NO2. The third kappa shape index (κ3) is 7.27. The fourth-order valence-corrected chi connectivity index (χ4v) is 3.64. The summed E-state index contributed by atoms with van der Waals surface area (Å²) in [4.78, 5) is 11.8. The van der Waals surface area contributed by atoms with Gasteiger partial charge in [-0.05, 0) is 79.6 Å². The molecule has 33 heavy (non-hydrogen) atoms. The monoisotopic (exact) mass is 491 g/mol. The number of rotatable bonds is 9. The number of hydrogen-bond acceptors (Lipinski definition) is 3. The Morgan fingerprint density at radius 2 is 1.88 bits per heavy atom. The van der Waals surface area contributed by atoms with E-state index in [1.54, 1.807) is 19.9 Å². The molecule has 0 aliphatic carbocycles. The van der Waals surface area contributed by atoms with E-state index in [1.165, 1.54) is 18.2 Å². The summed E-state index contributed by atoms with van der Waals surface area (Å²) in [6.45, 7) is 6.83. The Bertz CT molecular complexity index is 992. The predicted molar refractivity (Wildman–Crippen MR) is 120 cm³/mol. The van der Waals surface area contributed by atoms with Crippen LogP contribution in [-0.2, 0) is 22.1 Å². The third-order valence-electron chi connectivity index (χ3n) is 5.02. The number of esters is 1. The SMILES string of the molecule is C=CCCCc1cc(F)cc(C)c1-c1cc([C@@H](N)CC(=O)OCC)c(F)c(C(F)(F)F)c1.Cl. The number of unbranched alkanes of at least 4 members (excludes halogenated alkanes) is 1. The van der Waals surface area contributed by atoms with E-state index in [9.17, 15) is 26.7 Å². The van der Waals surface area contributed by atoms with Crippen molar-refractivity contribution in [2.75, 3.05) is 6.61 Å². The van der Waals surface area contributed by atoms with E-state index >= 15 is 0 Å². The number of ether oxygens (including phenoxy) is 1. The van der Waals surface area contributed by atoms with Crippen LogP contribution in [0.2, 0.25) is 0 Å². The summed E-state index contributed by atoms with van der Waals surface area (Å²) >= 11 is 0. The molecule has 0 aliphatic rings. The van der Waals surface area contributed by atoms with E-state index in [1.807, 2.05) is 0 Å². The molecule has 0 spiro atoms. The van der Waals surface area contributed by atoms with Gasteiger partial charge in [0.05, 0.1) is 18.6 Å². The van der Waals surface area contributed by atoms with Gasteiger partial charge in [0.1, 0.15) is 11.6 Å². The quantitative estimate of drug-likeness (QED) is 0.181. The summed E-state index contributed by atoms with van der Waals surface area (Å²) in [5.74, 6) is -2.80. The van der Waals surface area contributed by atoms with E-state index < -0.39 is 47.4 Å². The average Bonchev–Trinajstić information content (AvgIpc) is 2.67. The van der Waals surface area contributed by atoms with Crippen LogP contribution in [0, 0.1) is 18.6 Å². The Morgan fingerprint density at radius 3 is 2.45 bits per heavy atom. The zero-order valence-electron chi connectivity index (χ0n) is 18.4. The lowest BCUT2D eigenvalue weighted by Gasteiger charge is -2.20. The van der Waals surface area contributed by atoms with Crippen molar-refractivity contribution >= 4 is 18.4 Å². The summed E-state index contributed by atoms with van der Waals surface area (Å²) in [7, 11) is 0. The van der Waals surface area contributed by atoms with Crippen LogP contribution in [-0.4, -0.2) is 12.6 Å². The first-order valence-corrected chi connectivity index (χ1v) is 10.2. The van der Waals surface area contributed by atoms with Crippen molar-refractivity contribution in [2.24, 2.45) is 5.73 Å². The molecule has 0 amide bonds. The summed E-state index contributed by atoms with van der Waals surface area (Å²) in [5, 5.41) is 0. The minimum absolute atomic E-state index is 0. The van der Waals surface area contributed by atoms with Crippen LogP contribution in [0.1, 0.15) is 54.5 Å². The van der Waals surface area contributed by atoms with Gasteiger partial charge < -0.3 is 10.5 Å². The van der Waals surface area contributed by atoms with Gasteiger partial charge in [-0.25, -0.2) is 8.78 Å². The predicted octanol–water partition coefficient (Wildman–Crippen LogP) is 6.84. The molecule has 2 N–H and O–H groups in total. The summed E-state index contributed by atoms with van der Waals surface area (Å²) in [6.07, 6.45) is -2.14. The highest BCUT2D eigenvalue weighted by Crippen LogP contribution is 2.40. The molecule has 0 heterocycles. The average molecular weight is 492 g/mol. The van der Waals surface area contributed by atoms with Crippen molar-refractivity contribution < 1.29 is 31.5 Å². The molecule has 0 aromatic heterocycles. The number of benzene rings is 2. The van der Waals surface area contributed by atoms with Gasteiger partial charge in [0.2, 0.25) is 0 Å². The lowest BCUT2D eigenvalue weighted by atomic mass is 9.88. The molecule has 2 rings (SSSR count). The molecule has 0 fully saturated rings. The van der Waals surface area contributed by atoms with Crippen molar-refractivity contribution in [3.8, 4) is 11.1 Å².